The summed E-state index contributed by atoms with van der Waals surface area (Å²) in [6.45, 7) is 2.92. The molecule has 3 heterocycles. The lowest BCUT2D eigenvalue weighted by Gasteiger charge is -2.51. The minimum absolute atomic E-state index is 0.0131. The van der Waals surface area contributed by atoms with Crippen LogP contribution in [0.3, 0.4) is 0 Å². The zero-order chi connectivity index (χ0) is 83.6. The first-order valence-corrected chi connectivity index (χ1v) is 41.8. The number of nitrogens with one attached hydrogen (secondary N) is 1. The SMILES string of the molecule is CCCCCCCCCCCCCCCCC[C@@H](OC(=O)c1ccccc1)[C@@H](N)CO[C@H]1O[C@H](COC(=O)c2ccccc2)[C@@H](OC(=O)c2ccccc2)[C@H](OC(=O)c2ccccc2)[C@@H]1O[C@@H]1O[C@H](COCc2ccccc2)[C@@H](OCc2ccccc2)[C@H](O[C@@H]2O[C@@H](C)[C@@H](OC(C)=O)[C@@H](O)[C@@H]2OC(=O)c2ccccc2)[C@H]1NC(=O)C(Cl)(Cl)Cl. The highest BCUT2D eigenvalue weighted by atomic mass is 35.6. The number of benzene rings is 7. The highest BCUT2D eigenvalue weighted by Gasteiger charge is 2.59. The van der Waals surface area contributed by atoms with Crippen molar-refractivity contribution in [3.8, 4) is 0 Å². The largest absolute Gasteiger partial charge is 0.459 e. The van der Waals surface area contributed by atoms with E-state index in [2.05, 4.69) is 12.2 Å². The number of amides is 1. The highest BCUT2D eigenvalue weighted by molar-refractivity contribution is 6.76. The summed E-state index contributed by atoms with van der Waals surface area (Å²) in [4.78, 5) is 101. The van der Waals surface area contributed by atoms with Crippen molar-refractivity contribution in [1.29, 1.82) is 0 Å². The maximum atomic E-state index is 15.3. The van der Waals surface area contributed by atoms with E-state index in [4.69, 9.17) is 107 Å². The van der Waals surface area contributed by atoms with E-state index in [1.807, 2.05) is 30.3 Å². The van der Waals surface area contributed by atoms with Gasteiger partial charge in [0.2, 0.25) is 0 Å². The normalized spacial score (nSPS) is 23.6. The fourth-order valence-corrected chi connectivity index (χ4v) is 14.4. The van der Waals surface area contributed by atoms with E-state index in [-0.39, 0.29) is 47.5 Å². The van der Waals surface area contributed by atoms with Gasteiger partial charge in [-0.2, -0.15) is 0 Å². The number of carbonyl (C=O) groups is 7. The molecule has 4 N–H and O–H groups in total. The van der Waals surface area contributed by atoms with Crippen molar-refractivity contribution < 1.29 is 105 Å². The molecular formula is C91H107Cl3N2O22. The standard InChI is InChI=1S/C91H107Cl3N2O22/c1-4-5-6-7-8-9-10-11-12-13-14-15-16-17-39-54-70(111-83(100)65-46-31-21-32-47-65)69(95)57-108-88-81(80(116-86(103)68-52-37-24-38-53-68)77(114-84(101)66-48-33-22-34-49-66)72(113-88)59-107-82(99)64-44-29-20-30-45-64)118-87-73(96-90(104)91(92,93)94)78(76(106-56-63-42-27-19-28-43-63)71(112-87)58-105-55-62-40-25-18-26-41-62)117-89-79(115-85(102)67-50-35-23-36-51-67)74(98)75(60(2)109-89)110-61(3)97/h18-38,40-53,60,69-81,87-89,98H,4-17,39,54-59,95H2,1-3H3,(H,96,104)/t60-,69-,70+,71+,72+,73+,74+,75+,76+,77+,78+,79-,80-,81-,87-,88-,89-/m0/s1. The molecule has 0 spiro atoms. The van der Waals surface area contributed by atoms with Crippen molar-refractivity contribution in [2.45, 2.75) is 245 Å². The molecule has 7 aromatic carbocycles. The molecule has 634 valence electrons. The van der Waals surface area contributed by atoms with E-state index in [1.165, 1.54) is 113 Å². The molecule has 10 rings (SSSR count). The Hall–Kier alpha value is -8.70. The molecule has 1 amide bonds. The van der Waals surface area contributed by atoms with Crippen LogP contribution in [0, 0.1) is 0 Å². The molecule has 0 radical (unpaired) electrons. The zero-order valence-corrected chi connectivity index (χ0v) is 68.9. The Kier molecular flexibility index (Phi) is 37.2. The topological polar surface area (TPSA) is 307 Å². The minimum Gasteiger partial charge on any atom is -0.459 e. The highest BCUT2D eigenvalue weighted by Crippen LogP contribution is 2.40. The van der Waals surface area contributed by atoms with Gasteiger partial charge >= 0.3 is 35.8 Å². The molecule has 7 aromatic rings. The van der Waals surface area contributed by atoms with Crippen molar-refractivity contribution in [1.82, 2.24) is 5.32 Å². The van der Waals surface area contributed by atoms with Gasteiger partial charge < -0.3 is 82.5 Å². The van der Waals surface area contributed by atoms with Gasteiger partial charge in [-0.05, 0) is 91.6 Å². The van der Waals surface area contributed by atoms with Crippen LogP contribution in [0.1, 0.15) is 186 Å². The monoisotopic (exact) mass is 1680 g/mol. The Morgan fingerprint density at radius 3 is 1.34 bits per heavy atom. The van der Waals surface area contributed by atoms with Crippen LogP contribution in [0.2, 0.25) is 0 Å². The lowest BCUT2D eigenvalue weighted by molar-refractivity contribution is -0.372. The second-order valence-electron chi connectivity index (χ2n) is 29.5. The van der Waals surface area contributed by atoms with Crippen molar-refractivity contribution >= 4 is 76.5 Å². The van der Waals surface area contributed by atoms with Crippen molar-refractivity contribution in [3.63, 3.8) is 0 Å². The lowest BCUT2D eigenvalue weighted by atomic mass is 9.94. The van der Waals surface area contributed by atoms with Gasteiger partial charge in [0.15, 0.2) is 49.4 Å². The number of aliphatic hydroxyl groups is 1. The van der Waals surface area contributed by atoms with Crippen LogP contribution in [0.15, 0.2) is 212 Å². The lowest BCUT2D eigenvalue weighted by Crippen LogP contribution is -2.71. The summed E-state index contributed by atoms with van der Waals surface area (Å²) in [5.41, 5.74) is 9.05. The van der Waals surface area contributed by atoms with Crippen molar-refractivity contribution in [2.75, 3.05) is 19.8 Å². The molecule has 3 aliphatic rings. The van der Waals surface area contributed by atoms with Crippen LogP contribution >= 0.6 is 34.8 Å². The van der Waals surface area contributed by atoms with Gasteiger partial charge in [-0.25, -0.2) is 24.0 Å². The number of aliphatic hydroxyl groups excluding tert-OH is 1. The summed E-state index contributed by atoms with van der Waals surface area (Å²) < 4.78 is 90.3. The van der Waals surface area contributed by atoms with Gasteiger partial charge in [0.05, 0.1) is 66.4 Å². The van der Waals surface area contributed by atoms with Crippen LogP contribution in [-0.2, 0) is 89.1 Å². The minimum atomic E-state index is -2.81. The predicted octanol–water partition coefficient (Wildman–Crippen LogP) is 15.3. The summed E-state index contributed by atoms with van der Waals surface area (Å²) in [6.07, 6.45) is -8.64. The number of alkyl halides is 3. The molecule has 17 atom stereocenters. The zero-order valence-electron chi connectivity index (χ0n) is 66.6. The maximum Gasteiger partial charge on any atom is 0.338 e. The van der Waals surface area contributed by atoms with E-state index >= 15 is 4.79 Å². The summed E-state index contributed by atoms with van der Waals surface area (Å²) in [7, 11) is 0. The van der Waals surface area contributed by atoms with E-state index in [0.717, 1.165) is 44.6 Å². The van der Waals surface area contributed by atoms with Crippen LogP contribution in [0.4, 0.5) is 0 Å². The van der Waals surface area contributed by atoms with Crippen LogP contribution < -0.4 is 11.1 Å². The molecule has 0 aromatic heterocycles. The summed E-state index contributed by atoms with van der Waals surface area (Å²) in [5.74, 6) is -6.62. The number of hydrogen-bond acceptors (Lipinski definition) is 23. The van der Waals surface area contributed by atoms with Gasteiger partial charge in [0.25, 0.3) is 9.70 Å². The number of nitrogens with two attached hydrogens (primary N) is 1. The molecule has 24 nitrogen and oxygen atoms in total. The van der Waals surface area contributed by atoms with Crippen LogP contribution in [0.5, 0.6) is 0 Å². The number of halogens is 3. The third kappa shape index (κ3) is 28.2. The van der Waals surface area contributed by atoms with Crippen molar-refractivity contribution in [2.24, 2.45) is 5.73 Å². The number of carbonyl (C=O) groups excluding carboxylic acids is 7. The van der Waals surface area contributed by atoms with Gasteiger partial charge in [-0.15, -0.1) is 0 Å². The Morgan fingerprint density at radius 2 is 0.856 bits per heavy atom. The van der Waals surface area contributed by atoms with E-state index in [9.17, 15) is 33.9 Å². The molecule has 3 saturated heterocycles. The number of esters is 6. The third-order valence-electron chi connectivity index (χ3n) is 20.5. The van der Waals surface area contributed by atoms with Gasteiger partial charge in [-0.1, -0.05) is 283 Å². The first-order valence-electron chi connectivity index (χ1n) is 40.6. The summed E-state index contributed by atoms with van der Waals surface area (Å²) in [5, 5.41) is 15.2. The Labute approximate surface area is 704 Å². The molecular weight excluding hydrogens is 1580 g/mol. The average Bonchev–Trinajstić information content (AvgIpc) is 0.756. The van der Waals surface area contributed by atoms with Gasteiger partial charge in [-0.3, -0.25) is 9.59 Å². The molecule has 0 saturated carbocycles. The number of rotatable bonds is 44. The molecule has 118 heavy (non-hydrogen) atoms. The quantitative estimate of drug-likeness (QED) is 0.0138. The molecule has 0 unspecified atom stereocenters. The van der Waals surface area contributed by atoms with Gasteiger partial charge in [0, 0.05) is 6.92 Å². The van der Waals surface area contributed by atoms with E-state index in [1.54, 1.807) is 133 Å². The second-order valence-corrected chi connectivity index (χ2v) is 31.8. The Balaban J connectivity index is 1.09. The first kappa shape index (κ1) is 91.6. The second kappa shape index (κ2) is 47.9. The smallest absolute Gasteiger partial charge is 0.338 e. The number of unbranched alkanes of at least 4 members (excludes halogenated alkanes) is 14. The fourth-order valence-electron chi connectivity index (χ4n) is 14.3. The molecule has 0 bridgehead atoms. The molecule has 0 aliphatic carbocycles. The Bertz CT molecular complexity index is 4170. The molecule has 3 fully saturated rings. The van der Waals surface area contributed by atoms with Crippen molar-refractivity contribution in [3.05, 3.63) is 251 Å². The van der Waals surface area contributed by atoms with Gasteiger partial charge in [0.1, 0.15) is 49.3 Å². The summed E-state index contributed by atoms with van der Waals surface area (Å²) in [6, 6.07) is 54.8. The predicted molar refractivity (Wildman–Crippen MR) is 439 cm³/mol. The first-order chi connectivity index (χ1) is 57.2. The van der Waals surface area contributed by atoms with Crippen LogP contribution in [0.25, 0.3) is 0 Å². The Morgan fingerprint density at radius 1 is 0.441 bits per heavy atom. The third-order valence-corrected chi connectivity index (χ3v) is 21.1. The number of hydrogen-bond donors (Lipinski definition) is 3. The van der Waals surface area contributed by atoms with E-state index < -0.39 is 170 Å². The number of ether oxygens (including phenoxy) is 14. The fraction of sp³-hybridized carbons (Fsp3) is 0.462. The summed E-state index contributed by atoms with van der Waals surface area (Å²) >= 11 is 19.7. The maximum absolute atomic E-state index is 15.3. The molecule has 3 aliphatic heterocycles. The van der Waals surface area contributed by atoms with E-state index in [0.29, 0.717) is 12.0 Å². The van der Waals surface area contributed by atoms with Crippen LogP contribution in [-0.4, -0.2) is 175 Å². The molecule has 27 heteroatoms. The average molecular weight is 1690 g/mol.